The van der Waals surface area contributed by atoms with Gasteiger partial charge in [-0.05, 0) is 13.0 Å². The first-order valence-electron chi connectivity index (χ1n) is 7.93. The Labute approximate surface area is 168 Å². The molecule has 0 spiro atoms. The van der Waals surface area contributed by atoms with Gasteiger partial charge in [0, 0.05) is 6.20 Å². The zero-order valence-corrected chi connectivity index (χ0v) is 17.7. The molecule has 3 rings (SSSR count). The number of nitrogen functional groups attached to an aromatic ring is 1. The number of fused-ring (bicyclic) bond motifs is 1. The van der Waals surface area contributed by atoms with Crippen LogP contribution in [-0.2, 0) is 36.3 Å². The molecular formula is C11H17N4O12P3. The Morgan fingerprint density at radius 1 is 1.13 bits per heavy atom. The molecule has 3 heterocycles. The lowest BCUT2D eigenvalue weighted by Crippen LogP contribution is -2.18. The third-order valence-corrected chi connectivity index (χ3v) is 7.47. The lowest BCUT2D eigenvalue weighted by molar-refractivity contribution is -0.0994. The fourth-order valence-corrected chi connectivity index (χ4v) is 5.63. The molecule has 6 N–H and O–H groups in total. The zero-order chi connectivity index (χ0) is 22.3. The molecule has 2 unspecified atom stereocenters. The van der Waals surface area contributed by atoms with Gasteiger partial charge in [-0.25, -0.2) is 23.7 Å². The number of anilines is 1. The molecule has 19 heteroatoms. The molecule has 1 saturated heterocycles. The van der Waals surface area contributed by atoms with Crippen molar-refractivity contribution >= 4 is 40.3 Å². The zero-order valence-electron chi connectivity index (χ0n) is 15.0. The molecule has 2 aromatic heterocycles. The Bertz CT molecular complexity index is 1070. The van der Waals surface area contributed by atoms with E-state index in [-0.39, 0.29) is 5.82 Å². The van der Waals surface area contributed by atoms with Crippen LogP contribution in [0.15, 0.2) is 18.6 Å². The minimum Gasteiger partial charge on any atom is -0.383 e. The maximum absolute atomic E-state index is 11.8. The average molecular weight is 490 g/mol. The number of phosphoric ester groups is 1. The molecule has 0 saturated carbocycles. The molecule has 168 valence electrons. The Kier molecular flexibility index (Phi) is 6.52. The molecule has 5 atom stereocenters. The number of aromatic nitrogens is 3. The van der Waals surface area contributed by atoms with E-state index < -0.39 is 48.7 Å². The topological polar surface area (TPSA) is 235 Å². The second kappa shape index (κ2) is 8.36. The van der Waals surface area contributed by atoms with Gasteiger partial charge in [0.1, 0.15) is 30.5 Å². The highest BCUT2D eigenvalue weighted by Crippen LogP contribution is 2.66. The van der Waals surface area contributed by atoms with Gasteiger partial charge in [-0.2, -0.15) is 8.62 Å². The van der Waals surface area contributed by atoms with Crippen molar-refractivity contribution in [3.8, 4) is 0 Å². The van der Waals surface area contributed by atoms with Gasteiger partial charge in [0.2, 0.25) is 0 Å². The largest absolute Gasteiger partial charge is 0.490 e. The minimum absolute atomic E-state index is 0.259. The van der Waals surface area contributed by atoms with Crippen LogP contribution in [0.4, 0.5) is 5.82 Å². The smallest absolute Gasteiger partial charge is 0.383 e. The third-order valence-electron chi connectivity index (χ3n) is 3.66. The van der Waals surface area contributed by atoms with E-state index in [9.17, 15) is 18.6 Å². The number of hydrogen-bond donors (Lipinski definition) is 5. The molecular weight excluding hydrogens is 473 g/mol. The van der Waals surface area contributed by atoms with Gasteiger partial charge < -0.3 is 39.3 Å². The lowest BCUT2D eigenvalue weighted by Gasteiger charge is -2.18. The van der Waals surface area contributed by atoms with E-state index in [1.54, 1.807) is 23.8 Å². The first-order valence-corrected chi connectivity index (χ1v) is 12.4. The SMILES string of the molecule is C[C@H]1O[C@@H](COP(=O)(O)OP(=O)(O)OP(=O)(O)O)O[C@H]1n1ccc2c(N)ncnc21. The Morgan fingerprint density at radius 3 is 2.50 bits per heavy atom. The van der Waals surface area contributed by atoms with Crippen molar-refractivity contribution in [1.29, 1.82) is 0 Å². The summed E-state index contributed by atoms with van der Waals surface area (Å²) < 4.78 is 58.1. The molecule has 1 fully saturated rings. The summed E-state index contributed by atoms with van der Waals surface area (Å²) >= 11 is 0. The lowest BCUT2D eigenvalue weighted by atomic mass is 10.3. The van der Waals surface area contributed by atoms with Crippen molar-refractivity contribution in [3.05, 3.63) is 18.6 Å². The van der Waals surface area contributed by atoms with E-state index in [2.05, 4.69) is 23.1 Å². The van der Waals surface area contributed by atoms with E-state index in [1.807, 2.05) is 0 Å². The van der Waals surface area contributed by atoms with Crippen LogP contribution in [0.5, 0.6) is 0 Å². The molecule has 0 bridgehead atoms. The average Bonchev–Trinajstić information content (AvgIpc) is 3.13. The van der Waals surface area contributed by atoms with Gasteiger partial charge in [0.15, 0.2) is 12.5 Å². The maximum Gasteiger partial charge on any atom is 0.490 e. The summed E-state index contributed by atoms with van der Waals surface area (Å²) in [5.74, 6) is 0.259. The van der Waals surface area contributed by atoms with Gasteiger partial charge in [-0.1, -0.05) is 0 Å². The fraction of sp³-hybridized carbons (Fsp3) is 0.455. The highest BCUT2D eigenvalue weighted by molar-refractivity contribution is 7.66. The number of hydrogen-bond acceptors (Lipinski definition) is 11. The quantitative estimate of drug-likeness (QED) is 0.319. The van der Waals surface area contributed by atoms with Gasteiger partial charge in [0.25, 0.3) is 0 Å². The van der Waals surface area contributed by atoms with Crippen molar-refractivity contribution in [2.45, 2.75) is 25.5 Å². The van der Waals surface area contributed by atoms with Gasteiger partial charge >= 0.3 is 23.5 Å². The van der Waals surface area contributed by atoms with Crippen LogP contribution in [0, 0.1) is 0 Å². The number of ether oxygens (including phenoxy) is 2. The summed E-state index contributed by atoms with van der Waals surface area (Å²) in [5.41, 5.74) is 6.24. The van der Waals surface area contributed by atoms with Gasteiger partial charge in [0.05, 0.1) is 5.39 Å². The van der Waals surface area contributed by atoms with Gasteiger partial charge in [-0.15, -0.1) is 0 Å². The molecule has 2 aromatic rings. The Hall–Kier alpha value is -1.25. The Morgan fingerprint density at radius 2 is 1.83 bits per heavy atom. The van der Waals surface area contributed by atoms with Crippen molar-refractivity contribution in [1.82, 2.24) is 14.5 Å². The summed E-state index contributed by atoms with van der Waals surface area (Å²) in [7, 11) is -16.4. The van der Waals surface area contributed by atoms with Crippen LogP contribution in [0.1, 0.15) is 13.2 Å². The molecule has 1 aliphatic heterocycles. The van der Waals surface area contributed by atoms with Crippen LogP contribution in [-0.4, -0.2) is 53.1 Å². The van der Waals surface area contributed by atoms with Crippen molar-refractivity contribution < 1.29 is 55.9 Å². The summed E-state index contributed by atoms with van der Waals surface area (Å²) in [6.45, 7) is 0.909. The van der Waals surface area contributed by atoms with E-state index >= 15 is 0 Å². The normalized spacial score (nSPS) is 26.5. The standard InChI is InChI=1S/C11H17N4O12P3/c1-6-11(15-3-2-7-9(12)13-5-14-10(7)15)25-8(24-6)4-23-29(19,20)27-30(21,22)26-28(16,17)18/h2-3,5-6,8,11H,4H2,1H3,(H,19,20)(H,21,22)(H2,12,13,14)(H2,16,17,18)/t6-,8-,11-/m1/s1. The number of nitrogens with zero attached hydrogens (tertiary/aromatic N) is 3. The van der Waals surface area contributed by atoms with E-state index in [4.69, 9.17) is 29.9 Å². The summed E-state index contributed by atoms with van der Waals surface area (Å²) in [4.78, 5) is 43.6. The molecule has 30 heavy (non-hydrogen) atoms. The van der Waals surface area contributed by atoms with Crippen molar-refractivity contribution in [2.75, 3.05) is 12.3 Å². The summed E-state index contributed by atoms with van der Waals surface area (Å²) in [6, 6.07) is 1.67. The molecule has 0 aromatic carbocycles. The highest BCUT2D eigenvalue weighted by atomic mass is 31.3. The second-order valence-electron chi connectivity index (χ2n) is 5.90. The third kappa shape index (κ3) is 5.71. The van der Waals surface area contributed by atoms with Crippen molar-refractivity contribution in [3.63, 3.8) is 0 Å². The first-order chi connectivity index (χ1) is 13.8. The van der Waals surface area contributed by atoms with Crippen LogP contribution in [0.25, 0.3) is 11.0 Å². The van der Waals surface area contributed by atoms with Crippen LogP contribution < -0.4 is 5.73 Å². The molecule has 0 radical (unpaired) electrons. The van der Waals surface area contributed by atoms with Crippen LogP contribution >= 0.6 is 23.5 Å². The second-order valence-corrected chi connectivity index (χ2v) is 10.3. The van der Waals surface area contributed by atoms with Crippen molar-refractivity contribution in [2.24, 2.45) is 0 Å². The fourth-order valence-electron chi connectivity index (χ4n) is 2.63. The van der Waals surface area contributed by atoms with Crippen LogP contribution in [0.2, 0.25) is 0 Å². The number of nitrogens with two attached hydrogens (primary N) is 1. The van der Waals surface area contributed by atoms with E-state index in [0.29, 0.717) is 11.0 Å². The summed E-state index contributed by atoms with van der Waals surface area (Å²) in [6.07, 6.45) is 0.385. The Balaban J connectivity index is 1.63. The van der Waals surface area contributed by atoms with Gasteiger partial charge in [-0.3, -0.25) is 4.52 Å². The number of phosphoric acid groups is 3. The first kappa shape index (κ1) is 23.4. The van der Waals surface area contributed by atoms with Crippen LogP contribution in [0.3, 0.4) is 0 Å². The summed E-state index contributed by atoms with van der Waals surface area (Å²) in [5, 5.41) is 0.574. The predicted octanol–water partition coefficient (Wildman–Crippen LogP) is 0.617. The molecule has 0 aliphatic carbocycles. The minimum atomic E-state index is -5.61. The van der Waals surface area contributed by atoms with E-state index in [0.717, 1.165) is 0 Å². The monoisotopic (exact) mass is 490 g/mol. The number of rotatable bonds is 8. The molecule has 0 amide bonds. The van der Waals surface area contributed by atoms with E-state index in [1.165, 1.54) is 6.33 Å². The maximum atomic E-state index is 11.8. The molecule has 1 aliphatic rings. The highest BCUT2D eigenvalue weighted by Gasteiger charge is 2.42. The predicted molar refractivity (Wildman–Crippen MR) is 96.2 cm³/mol. The molecule has 16 nitrogen and oxygen atoms in total.